The first-order chi connectivity index (χ1) is 12.0. The van der Waals surface area contributed by atoms with E-state index < -0.39 is 48.0 Å². The highest BCUT2D eigenvalue weighted by molar-refractivity contribution is 5.96. The highest BCUT2D eigenvalue weighted by atomic mass is 16.5. The number of nitrogens with zero attached hydrogens (tertiary/aromatic N) is 2. The number of methoxy groups -OCH3 is 3. The summed E-state index contributed by atoms with van der Waals surface area (Å²) in [4.78, 5) is 52.2. The molecule has 0 N–H and O–H groups in total. The van der Waals surface area contributed by atoms with Gasteiger partial charge in [-0.3, -0.25) is 14.4 Å². The molecule has 0 unspecified atom stereocenters. The number of carbonyl (C=O) groups excluding carboxylic acids is 4. The lowest BCUT2D eigenvalue weighted by atomic mass is 9.83. The van der Waals surface area contributed by atoms with Crippen molar-refractivity contribution in [3.8, 4) is 0 Å². The van der Waals surface area contributed by atoms with Gasteiger partial charge >= 0.3 is 11.9 Å². The molecule has 2 saturated heterocycles. The summed E-state index contributed by atoms with van der Waals surface area (Å²) in [5, 5.41) is 0. The minimum atomic E-state index is -0.913. The van der Waals surface area contributed by atoms with Crippen molar-refractivity contribution in [2.24, 2.45) is 5.92 Å². The summed E-state index contributed by atoms with van der Waals surface area (Å²) in [5.74, 6) is -2.50. The van der Waals surface area contributed by atoms with Gasteiger partial charge in [-0.25, -0.2) is 4.79 Å². The second kappa shape index (κ2) is 6.47. The molecule has 0 aromatic heterocycles. The Hall–Kier alpha value is -2.42. The van der Waals surface area contributed by atoms with Crippen molar-refractivity contribution in [2.45, 2.75) is 30.7 Å². The summed E-state index contributed by atoms with van der Waals surface area (Å²) in [6.45, 7) is 0.246. The Labute approximate surface area is 144 Å². The normalized spacial score (nSPS) is 35.1. The topological polar surface area (TPSA) is 102 Å². The number of hydrogen-bond acceptors (Lipinski definition) is 7. The quantitative estimate of drug-likeness (QED) is 0.460. The third kappa shape index (κ3) is 2.50. The van der Waals surface area contributed by atoms with Crippen LogP contribution in [-0.2, 0) is 33.4 Å². The zero-order valence-corrected chi connectivity index (χ0v) is 14.2. The fourth-order valence-electron chi connectivity index (χ4n) is 4.04. The van der Waals surface area contributed by atoms with Crippen molar-refractivity contribution in [1.29, 1.82) is 0 Å². The maximum Gasteiger partial charge on any atom is 0.328 e. The molecule has 2 fully saturated rings. The predicted molar refractivity (Wildman–Crippen MR) is 82.0 cm³/mol. The summed E-state index contributed by atoms with van der Waals surface area (Å²) >= 11 is 0. The number of rotatable bonds is 3. The van der Waals surface area contributed by atoms with Gasteiger partial charge in [0, 0.05) is 19.7 Å². The first kappa shape index (κ1) is 17.4. The summed E-state index contributed by atoms with van der Waals surface area (Å²) in [6, 6.07) is -2.15. The highest BCUT2D eigenvalue weighted by Crippen LogP contribution is 2.41. The van der Waals surface area contributed by atoms with E-state index in [9.17, 15) is 19.2 Å². The van der Waals surface area contributed by atoms with Crippen molar-refractivity contribution in [1.82, 2.24) is 9.80 Å². The largest absolute Gasteiger partial charge is 0.469 e. The van der Waals surface area contributed by atoms with Crippen LogP contribution < -0.4 is 0 Å². The molecule has 0 aliphatic carbocycles. The number of carbonyl (C=O) groups is 4. The lowest BCUT2D eigenvalue weighted by molar-refractivity contribution is -0.181. The smallest absolute Gasteiger partial charge is 0.328 e. The van der Waals surface area contributed by atoms with E-state index in [0.29, 0.717) is 0 Å². The van der Waals surface area contributed by atoms with Crippen LogP contribution in [0.25, 0.3) is 0 Å². The first-order valence-corrected chi connectivity index (χ1v) is 7.94. The number of hydrogen-bond donors (Lipinski definition) is 0. The van der Waals surface area contributed by atoms with Crippen molar-refractivity contribution in [2.75, 3.05) is 27.9 Å². The average Bonchev–Trinajstić information content (AvgIpc) is 2.99. The molecular weight excluding hydrogens is 332 g/mol. The van der Waals surface area contributed by atoms with Crippen LogP contribution in [0.15, 0.2) is 12.2 Å². The van der Waals surface area contributed by atoms with Gasteiger partial charge in [-0.1, -0.05) is 6.08 Å². The summed E-state index contributed by atoms with van der Waals surface area (Å²) in [7, 11) is 3.88. The van der Waals surface area contributed by atoms with Gasteiger partial charge in [0.2, 0.25) is 5.91 Å². The first-order valence-electron chi connectivity index (χ1n) is 7.94. The summed E-state index contributed by atoms with van der Waals surface area (Å²) in [6.07, 6.45) is 2.19. The summed E-state index contributed by atoms with van der Waals surface area (Å²) in [5.41, 5.74) is 0. The maximum atomic E-state index is 12.6. The molecule has 0 radical (unpaired) electrons. The van der Waals surface area contributed by atoms with Gasteiger partial charge in [-0.15, -0.1) is 0 Å². The Balaban J connectivity index is 2.07. The Morgan fingerprint density at radius 1 is 1.08 bits per heavy atom. The molecule has 136 valence electrons. The van der Waals surface area contributed by atoms with E-state index in [1.165, 1.54) is 32.3 Å². The van der Waals surface area contributed by atoms with Crippen LogP contribution in [0.3, 0.4) is 0 Å². The zero-order valence-electron chi connectivity index (χ0n) is 14.2. The van der Waals surface area contributed by atoms with Crippen molar-refractivity contribution >= 4 is 23.8 Å². The molecule has 2 amide bonds. The standard InChI is InChI=1S/C16H20N2O7/c1-23-13-12-11-8(15(21)24-2)7-9(16(22)25-3)18(11)10(19)5-4-6-17(12)14(13)20/h4-5,8-9,11-13H,6-7H2,1-3H3/b5-4-/t8-,9-,11+,12-,13+/m0/s1. The van der Waals surface area contributed by atoms with Gasteiger partial charge < -0.3 is 24.0 Å². The van der Waals surface area contributed by atoms with E-state index in [2.05, 4.69) is 0 Å². The van der Waals surface area contributed by atoms with E-state index >= 15 is 0 Å². The molecule has 3 heterocycles. The molecule has 0 aromatic carbocycles. The third-order valence-electron chi connectivity index (χ3n) is 5.14. The van der Waals surface area contributed by atoms with Gasteiger partial charge in [0.05, 0.1) is 32.2 Å². The molecule has 9 nitrogen and oxygen atoms in total. The van der Waals surface area contributed by atoms with Gasteiger partial charge in [0.15, 0.2) is 6.10 Å². The minimum absolute atomic E-state index is 0.0819. The molecule has 25 heavy (non-hydrogen) atoms. The number of fused-ring (bicyclic) bond motifs is 3. The van der Waals surface area contributed by atoms with Crippen LogP contribution in [0.5, 0.6) is 0 Å². The zero-order chi connectivity index (χ0) is 18.3. The number of β-lactam (4-membered cyclic amide) rings is 1. The lowest BCUT2D eigenvalue weighted by Gasteiger charge is -2.52. The minimum Gasteiger partial charge on any atom is -0.469 e. The van der Waals surface area contributed by atoms with Gasteiger partial charge in [-0.05, 0) is 6.42 Å². The fourth-order valence-corrected chi connectivity index (χ4v) is 4.04. The van der Waals surface area contributed by atoms with Crippen molar-refractivity contribution in [3.05, 3.63) is 12.2 Å². The molecular formula is C16H20N2O7. The molecule has 3 rings (SSSR count). The van der Waals surface area contributed by atoms with E-state index in [0.717, 1.165) is 0 Å². The van der Waals surface area contributed by atoms with Crippen molar-refractivity contribution in [3.63, 3.8) is 0 Å². The van der Waals surface area contributed by atoms with E-state index in [1.807, 2.05) is 0 Å². The van der Waals surface area contributed by atoms with Crippen LogP contribution in [0.1, 0.15) is 6.42 Å². The SMILES string of the molecule is COC(=O)[C@H]1C[C@@H](C(=O)OC)N2C(=O)/C=C\CN3C(=O)[C@H](OC)[C@@H]3[C@@H]12. The Kier molecular flexibility index (Phi) is 4.51. The molecule has 3 aliphatic rings. The molecule has 0 aromatic rings. The molecule has 5 atom stereocenters. The van der Waals surface area contributed by atoms with Crippen LogP contribution in [-0.4, -0.2) is 85.7 Å². The van der Waals surface area contributed by atoms with E-state index in [1.54, 1.807) is 11.0 Å². The number of ether oxygens (including phenoxy) is 3. The fraction of sp³-hybridized carbons (Fsp3) is 0.625. The van der Waals surface area contributed by atoms with Gasteiger partial charge in [-0.2, -0.15) is 0 Å². The average molecular weight is 352 g/mol. The molecule has 9 heteroatoms. The van der Waals surface area contributed by atoms with Crippen molar-refractivity contribution < 1.29 is 33.4 Å². The Morgan fingerprint density at radius 2 is 1.76 bits per heavy atom. The molecule has 0 spiro atoms. The van der Waals surface area contributed by atoms with E-state index in [4.69, 9.17) is 14.2 Å². The second-order valence-corrected chi connectivity index (χ2v) is 6.18. The van der Waals surface area contributed by atoms with Gasteiger partial charge in [0.1, 0.15) is 6.04 Å². The number of amides is 2. The summed E-state index contributed by atoms with van der Waals surface area (Å²) < 4.78 is 14.9. The van der Waals surface area contributed by atoms with E-state index in [-0.39, 0.29) is 18.9 Å². The third-order valence-corrected chi connectivity index (χ3v) is 5.14. The van der Waals surface area contributed by atoms with Crippen LogP contribution in [0.4, 0.5) is 0 Å². The Morgan fingerprint density at radius 3 is 2.36 bits per heavy atom. The highest BCUT2D eigenvalue weighted by Gasteiger charge is 2.62. The monoisotopic (exact) mass is 352 g/mol. The second-order valence-electron chi connectivity index (χ2n) is 6.18. The van der Waals surface area contributed by atoms with Crippen LogP contribution in [0, 0.1) is 5.92 Å². The predicted octanol–water partition coefficient (Wildman–Crippen LogP) is -1.29. The molecule has 0 saturated carbocycles. The Bertz CT molecular complexity index is 646. The molecule has 3 aliphatic heterocycles. The number of esters is 2. The molecule has 0 bridgehead atoms. The lowest BCUT2D eigenvalue weighted by Crippen LogP contribution is -2.73. The van der Waals surface area contributed by atoms with Crippen LogP contribution in [0.2, 0.25) is 0 Å². The maximum absolute atomic E-state index is 12.6. The van der Waals surface area contributed by atoms with Crippen LogP contribution >= 0.6 is 0 Å². The van der Waals surface area contributed by atoms with Gasteiger partial charge in [0.25, 0.3) is 5.91 Å².